The zero-order chi connectivity index (χ0) is 28.0. The van der Waals surface area contributed by atoms with Gasteiger partial charge in [-0.25, -0.2) is 9.37 Å². The van der Waals surface area contributed by atoms with E-state index in [2.05, 4.69) is 15.0 Å². The Morgan fingerprint density at radius 1 is 0.707 bits per heavy atom. The molecule has 0 spiro atoms. The maximum absolute atomic E-state index is 15.9. The Kier molecular flexibility index (Phi) is 8.16. The highest BCUT2D eigenvalue weighted by atomic mass is 19.1. The van der Waals surface area contributed by atoms with Gasteiger partial charge in [-0.15, -0.1) is 0 Å². The number of nitrogens with zero attached hydrogens (tertiary/aromatic N) is 4. The van der Waals surface area contributed by atoms with Crippen molar-refractivity contribution in [1.29, 1.82) is 0 Å². The van der Waals surface area contributed by atoms with Crippen LogP contribution in [0.1, 0.15) is 22.7 Å². The number of nitrogen functional groups attached to an aromatic ring is 1. The number of benzene rings is 3. The van der Waals surface area contributed by atoms with Gasteiger partial charge < -0.3 is 24.5 Å². The lowest BCUT2D eigenvalue weighted by Gasteiger charge is -2.48. The number of hydrogen-bond donors (Lipinski definition) is 1. The zero-order valence-electron chi connectivity index (χ0n) is 22.6. The average molecular weight is 554 g/mol. The van der Waals surface area contributed by atoms with Gasteiger partial charge in [0.1, 0.15) is 12.8 Å². The predicted octanol–water partition coefficient (Wildman–Crippen LogP) is 5.55. The van der Waals surface area contributed by atoms with Crippen LogP contribution in [0.3, 0.4) is 0 Å². The van der Waals surface area contributed by atoms with Crippen LogP contribution in [0, 0.1) is 11.8 Å². The first-order valence-electron chi connectivity index (χ1n) is 13.7. The van der Waals surface area contributed by atoms with E-state index in [1.807, 2.05) is 91.0 Å². The van der Waals surface area contributed by atoms with Crippen molar-refractivity contribution in [1.82, 2.24) is 19.5 Å². The Morgan fingerprint density at radius 2 is 1.24 bits per heavy atom. The first-order chi connectivity index (χ1) is 20.2. The van der Waals surface area contributed by atoms with Gasteiger partial charge in [0.05, 0.1) is 38.8 Å². The molecule has 0 aliphatic heterocycles. The van der Waals surface area contributed by atoms with E-state index in [1.165, 1.54) is 0 Å². The molecule has 0 bridgehead atoms. The van der Waals surface area contributed by atoms with Gasteiger partial charge in [0, 0.05) is 11.8 Å². The largest absolute Gasteiger partial charge is 0.471 e. The summed E-state index contributed by atoms with van der Waals surface area (Å²) in [5.41, 5.74) is 10.0. The van der Waals surface area contributed by atoms with Crippen molar-refractivity contribution in [2.24, 2.45) is 11.8 Å². The fourth-order valence-corrected chi connectivity index (χ4v) is 5.36. The number of alkyl halides is 1. The Labute approximate surface area is 237 Å². The third kappa shape index (κ3) is 6.06. The molecule has 4 unspecified atom stereocenters. The van der Waals surface area contributed by atoms with Gasteiger partial charge in [0.15, 0.2) is 11.2 Å². The molecule has 9 heteroatoms. The number of fused-ring (bicyclic) bond motifs is 1. The Balaban J connectivity index is 1.21. The van der Waals surface area contributed by atoms with Crippen molar-refractivity contribution in [2.45, 2.75) is 32.0 Å². The van der Waals surface area contributed by atoms with Gasteiger partial charge in [0.2, 0.25) is 11.8 Å². The first kappa shape index (κ1) is 26.9. The lowest BCUT2D eigenvalue weighted by molar-refractivity contribution is -0.114. The summed E-state index contributed by atoms with van der Waals surface area (Å²) >= 11 is 0. The van der Waals surface area contributed by atoms with Crippen LogP contribution >= 0.6 is 0 Å². The smallest absolute Gasteiger partial charge is 0.247 e. The van der Waals surface area contributed by atoms with E-state index in [4.69, 9.17) is 19.9 Å². The molecule has 2 aromatic heterocycles. The van der Waals surface area contributed by atoms with E-state index >= 15 is 4.39 Å². The maximum atomic E-state index is 15.9. The minimum Gasteiger partial charge on any atom is -0.471 e. The average Bonchev–Trinajstić information content (AvgIpc) is 3.42. The highest BCUT2D eigenvalue weighted by Crippen LogP contribution is 2.48. The molecular formula is C32H32FN5O3. The summed E-state index contributed by atoms with van der Waals surface area (Å²) in [6.45, 7) is 1.80. The van der Waals surface area contributed by atoms with Crippen LogP contribution in [0.2, 0.25) is 0 Å². The van der Waals surface area contributed by atoms with E-state index in [9.17, 15) is 0 Å². The van der Waals surface area contributed by atoms with E-state index in [0.29, 0.717) is 37.6 Å². The van der Waals surface area contributed by atoms with Crippen molar-refractivity contribution in [3.8, 4) is 5.88 Å². The Morgan fingerprint density at radius 3 is 1.83 bits per heavy atom. The molecule has 6 rings (SSSR count). The molecule has 210 valence electrons. The zero-order valence-corrected chi connectivity index (χ0v) is 22.6. The molecule has 1 saturated carbocycles. The molecule has 2 N–H and O–H groups in total. The van der Waals surface area contributed by atoms with Gasteiger partial charge in [-0.2, -0.15) is 9.97 Å². The minimum atomic E-state index is -1.18. The highest BCUT2D eigenvalue weighted by molar-refractivity contribution is 5.77. The topological polar surface area (TPSA) is 97.3 Å². The fourth-order valence-electron chi connectivity index (χ4n) is 5.36. The summed E-state index contributed by atoms with van der Waals surface area (Å²) in [5, 5.41) is 0. The van der Waals surface area contributed by atoms with Gasteiger partial charge in [-0.05, 0) is 16.7 Å². The summed E-state index contributed by atoms with van der Waals surface area (Å²) < 4.78 is 35.7. The molecule has 8 nitrogen and oxygen atoms in total. The van der Waals surface area contributed by atoms with Crippen LogP contribution in [0.15, 0.2) is 97.3 Å². The number of rotatable bonds is 12. The number of ether oxygens (including phenoxy) is 3. The second kappa shape index (κ2) is 12.4. The van der Waals surface area contributed by atoms with Crippen LogP contribution in [0.5, 0.6) is 5.88 Å². The Hall–Kier alpha value is -4.34. The molecular weight excluding hydrogens is 521 g/mol. The lowest BCUT2D eigenvalue weighted by atomic mass is 9.68. The van der Waals surface area contributed by atoms with E-state index in [1.54, 1.807) is 10.9 Å². The van der Waals surface area contributed by atoms with E-state index in [0.717, 1.165) is 16.7 Å². The number of anilines is 1. The molecule has 3 aromatic carbocycles. The van der Waals surface area contributed by atoms with E-state index in [-0.39, 0.29) is 30.3 Å². The molecule has 0 radical (unpaired) electrons. The Bertz CT molecular complexity index is 1550. The molecule has 2 heterocycles. The normalized spacial score (nSPS) is 20.1. The quantitative estimate of drug-likeness (QED) is 0.216. The number of imidazole rings is 1. The second-order valence-corrected chi connectivity index (χ2v) is 10.2. The summed E-state index contributed by atoms with van der Waals surface area (Å²) in [5.74, 6) is -0.196. The van der Waals surface area contributed by atoms with E-state index < -0.39 is 12.2 Å². The number of aromatic nitrogens is 4. The van der Waals surface area contributed by atoms with Crippen LogP contribution in [-0.2, 0) is 29.3 Å². The van der Waals surface area contributed by atoms with Crippen molar-refractivity contribution >= 4 is 17.1 Å². The standard InChI is InChI=1S/C32H32FN5O3/c33-27-25(19-39-16-22-10-4-1-5-11-22)26(20-40-17-23-12-6-2-7-13-23)29(27)38-21-35-28-30(38)36-32(34)37-31(28)41-18-24-14-8-3-9-15-24/h1-15,21,25-27,29H,16-20H2,(H2,34,36,37). The maximum Gasteiger partial charge on any atom is 0.247 e. The predicted molar refractivity (Wildman–Crippen MR) is 154 cm³/mol. The molecule has 41 heavy (non-hydrogen) atoms. The molecule has 1 aliphatic rings. The van der Waals surface area contributed by atoms with Gasteiger partial charge in [0.25, 0.3) is 0 Å². The number of halogens is 1. The molecule has 0 amide bonds. The van der Waals surface area contributed by atoms with Crippen molar-refractivity contribution in [3.05, 3.63) is 114 Å². The lowest BCUT2D eigenvalue weighted by Crippen LogP contribution is -2.53. The van der Waals surface area contributed by atoms with Crippen LogP contribution in [-0.4, -0.2) is 38.9 Å². The van der Waals surface area contributed by atoms with Gasteiger partial charge in [-0.3, -0.25) is 0 Å². The van der Waals surface area contributed by atoms with Gasteiger partial charge >= 0.3 is 0 Å². The number of hydrogen-bond acceptors (Lipinski definition) is 7. The minimum absolute atomic E-state index is 0.0386. The second-order valence-electron chi connectivity index (χ2n) is 10.2. The van der Waals surface area contributed by atoms with Crippen molar-refractivity contribution in [3.63, 3.8) is 0 Å². The first-order valence-corrected chi connectivity index (χ1v) is 13.7. The SMILES string of the molecule is Nc1nc(OCc2ccccc2)c2ncn(C3C(F)C(COCc4ccccc4)C3COCc3ccccc3)c2n1. The van der Waals surface area contributed by atoms with Crippen molar-refractivity contribution < 1.29 is 18.6 Å². The van der Waals surface area contributed by atoms with Crippen molar-refractivity contribution in [2.75, 3.05) is 18.9 Å². The fraction of sp³-hybridized carbons (Fsp3) is 0.281. The van der Waals surface area contributed by atoms with Crippen LogP contribution in [0.4, 0.5) is 10.3 Å². The third-order valence-electron chi connectivity index (χ3n) is 7.51. The highest BCUT2D eigenvalue weighted by Gasteiger charge is 2.53. The van der Waals surface area contributed by atoms with Gasteiger partial charge in [-0.1, -0.05) is 91.0 Å². The van der Waals surface area contributed by atoms with Crippen LogP contribution in [0.25, 0.3) is 11.2 Å². The molecule has 0 saturated heterocycles. The number of nitrogens with two attached hydrogens (primary N) is 1. The summed E-state index contributed by atoms with van der Waals surface area (Å²) in [6.07, 6.45) is 0.412. The molecule has 4 atom stereocenters. The molecule has 1 fully saturated rings. The summed E-state index contributed by atoms with van der Waals surface area (Å²) in [4.78, 5) is 13.2. The van der Waals surface area contributed by atoms with Crippen LogP contribution < -0.4 is 10.5 Å². The monoisotopic (exact) mass is 553 g/mol. The third-order valence-corrected chi connectivity index (χ3v) is 7.51. The summed E-state index contributed by atoms with van der Waals surface area (Å²) in [7, 11) is 0. The molecule has 1 aliphatic carbocycles. The molecule has 5 aromatic rings. The summed E-state index contributed by atoms with van der Waals surface area (Å²) in [6, 6.07) is 29.0.